The zero-order chi connectivity index (χ0) is 28.5. The van der Waals surface area contributed by atoms with Crippen LogP contribution in [0.5, 0.6) is 11.5 Å². The number of nitro groups is 1. The fraction of sp³-hybridized carbons (Fsp3) is 0.400. The number of nitrogens with zero attached hydrogens (tertiary/aromatic N) is 6. The first-order chi connectivity index (χ1) is 19.9. The van der Waals surface area contributed by atoms with Crippen molar-refractivity contribution in [3.63, 3.8) is 0 Å². The molecule has 0 bridgehead atoms. The molecule has 4 heterocycles. The van der Waals surface area contributed by atoms with Crippen molar-refractivity contribution in [2.45, 2.75) is 26.8 Å². The maximum absolute atomic E-state index is 12.0. The van der Waals surface area contributed by atoms with Gasteiger partial charge in [-0.2, -0.15) is 0 Å². The molecular formula is C30H36ClN7O4. The lowest BCUT2D eigenvalue weighted by atomic mass is 10.0. The Morgan fingerprint density at radius 3 is 2.71 bits per heavy atom. The molecule has 2 aliphatic heterocycles. The lowest BCUT2D eigenvalue weighted by Gasteiger charge is -2.32. The van der Waals surface area contributed by atoms with Gasteiger partial charge in [-0.25, -0.2) is 9.97 Å². The van der Waals surface area contributed by atoms with Crippen molar-refractivity contribution in [1.82, 2.24) is 24.3 Å². The van der Waals surface area contributed by atoms with E-state index in [-0.39, 0.29) is 24.8 Å². The van der Waals surface area contributed by atoms with Gasteiger partial charge in [0.15, 0.2) is 0 Å². The highest BCUT2D eigenvalue weighted by molar-refractivity contribution is 6.33. The van der Waals surface area contributed by atoms with Crippen LogP contribution in [0.2, 0.25) is 5.02 Å². The number of anilines is 2. The molecular weight excluding hydrogens is 558 g/mol. The first-order valence-electron chi connectivity index (χ1n) is 13.7. The van der Waals surface area contributed by atoms with Crippen LogP contribution in [-0.4, -0.2) is 82.7 Å². The molecule has 1 N–H and O–H groups in total. The summed E-state index contributed by atoms with van der Waals surface area (Å²) < 4.78 is 13.7. The smallest absolute Gasteiger partial charge is 0.313 e. The molecule has 0 radical (unpaired) electrons. The molecule has 4 aromatic rings. The standard InChI is InChI=1S/C29H32ClN7O4.CH4/c1-34-9-11-35(12-10-34)13-14-41-26-16-25(40-2)23(15-24(26)37(38)39)32-29-31-17-22(30)27(33-29)21-18-36-8-4-6-19-5-3-7-20(21)28(19)36;/h3,5,7,15-18H,4,6,8-14H2,1-2H3,(H,31,32,33);1H4. The first kappa shape index (κ1) is 29.6. The summed E-state index contributed by atoms with van der Waals surface area (Å²) in [6, 6.07) is 9.23. The number of methoxy groups -OCH3 is 1. The third-order valence-corrected chi connectivity index (χ3v) is 8.09. The number of ether oxygens (including phenoxy) is 2. The topological polar surface area (TPSA) is 111 Å². The van der Waals surface area contributed by atoms with Gasteiger partial charge < -0.3 is 24.3 Å². The normalized spacial score (nSPS) is 15.3. The Balaban J connectivity index is 0.00000353. The summed E-state index contributed by atoms with van der Waals surface area (Å²) in [5, 5.41) is 16.6. The van der Waals surface area contributed by atoms with E-state index in [0.717, 1.165) is 56.5 Å². The molecule has 0 spiro atoms. The highest BCUT2D eigenvalue weighted by Gasteiger charge is 2.23. The van der Waals surface area contributed by atoms with E-state index in [1.807, 2.05) is 0 Å². The molecule has 2 aliphatic rings. The predicted molar refractivity (Wildman–Crippen MR) is 165 cm³/mol. The van der Waals surface area contributed by atoms with Crippen LogP contribution >= 0.6 is 11.6 Å². The summed E-state index contributed by atoms with van der Waals surface area (Å²) >= 11 is 6.60. The Morgan fingerprint density at radius 1 is 1.14 bits per heavy atom. The summed E-state index contributed by atoms with van der Waals surface area (Å²) in [6.45, 7) is 5.83. The zero-order valence-electron chi connectivity index (χ0n) is 23.1. The molecule has 0 unspecified atom stereocenters. The van der Waals surface area contributed by atoms with Crippen molar-refractivity contribution in [1.29, 1.82) is 0 Å². The van der Waals surface area contributed by atoms with Crippen LogP contribution in [0.3, 0.4) is 0 Å². The molecule has 2 aromatic heterocycles. The van der Waals surface area contributed by atoms with Crippen molar-refractivity contribution >= 4 is 39.8 Å². The van der Waals surface area contributed by atoms with Crippen LogP contribution in [0.25, 0.3) is 22.2 Å². The molecule has 12 heteroatoms. The number of halogens is 1. The van der Waals surface area contributed by atoms with Gasteiger partial charge in [0.25, 0.3) is 0 Å². The quantitative estimate of drug-likeness (QED) is 0.195. The van der Waals surface area contributed by atoms with Gasteiger partial charge in [-0.1, -0.05) is 37.2 Å². The van der Waals surface area contributed by atoms with Gasteiger partial charge in [0.1, 0.15) is 12.4 Å². The SMILES string of the molecule is C.COc1cc(OCCN2CCN(C)CC2)c([N+](=O)[O-])cc1Nc1ncc(Cl)c(-c2cn3c4c(cccc24)CCC3)n1. The third-order valence-electron chi connectivity index (χ3n) is 7.81. The number of nitrogens with one attached hydrogen (secondary N) is 1. The van der Waals surface area contributed by atoms with E-state index in [2.05, 4.69) is 56.1 Å². The fourth-order valence-corrected chi connectivity index (χ4v) is 5.80. The third kappa shape index (κ3) is 5.85. The summed E-state index contributed by atoms with van der Waals surface area (Å²) in [7, 11) is 3.60. The Morgan fingerprint density at radius 2 is 1.95 bits per heavy atom. The molecule has 6 rings (SSSR count). The number of hydrogen-bond donors (Lipinski definition) is 1. The Bertz CT molecular complexity index is 1600. The Kier molecular flexibility index (Phi) is 8.81. The first-order valence-corrected chi connectivity index (χ1v) is 14.1. The maximum atomic E-state index is 12.0. The van der Waals surface area contributed by atoms with Crippen LogP contribution in [-0.2, 0) is 13.0 Å². The van der Waals surface area contributed by atoms with Crippen molar-refractivity contribution in [3.05, 3.63) is 63.4 Å². The number of hydrogen-bond acceptors (Lipinski definition) is 9. The molecule has 2 aromatic carbocycles. The number of rotatable bonds is 9. The molecule has 0 saturated carbocycles. The molecule has 0 aliphatic carbocycles. The molecule has 1 saturated heterocycles. The number of benzene rings is 2. The van der Waals surface area contributed by atoms with Crippen molar-refractivity contribution < 1.29 is 14.4 Å². The highest BCUT2D eigenvalue weighted by atomic mass is 35.5. The van der Waals surface area contributed by atoms with E-state index in [4.69, 9.17) is 26.1 Å². The van der Waals surface area contributed by atoms with E-state index < -0.39 is 4.92 Å². The maximum Gasteiger partial charge on any atom is 0.313 e. The molecule has 0 amide bonds. The Labute approximate surface area is 250 Å². The summed E-state index contributed by atoms with van der Waals surface area (Å²) in [5.41, 5.74) is 4.20. The van der Waals surface area contributed by atoms with Crippen LogP contribution in [0.15, 0.2) is 42.7 Å². The minimum atomic E-state index is -0.460. The minimum absolute atomic E-state index is 0. The lowest BCUT2D eigenvalue weighted by molar-refractivity contribution is -0.385. The number of nitro benzene ring substituents is 1. The predicted octanol–water partition coefficient (Wildman–Crippen LogP) is 5.62. The van der Waals surface area contributed by atoms with Gasteiger partial charge in [-0.15, -0.1) is 0 Å². The Hall–Kier alpha value is -3.93. The largest absolute Gasteiger partial charge is 0.494 e. The number of para-hydroxylation sites is 1. The highest BCUT2D eigenvalue weighted by Crippen LogP contribution is 2.40. The molecule has 0 atom stereocenters. The molecule has 11 nitrogen and oxygen atoms in total. The lowest BCUT2D eigenvalue weighted by Crippen LogP contribution is -2.45. The van der Waals surface area contributed by atoms with E-state index in [0.29, 0.717) is 35.3 Å². The van der Waals surface area contributed by atoms with E-state index >= 15 is 0 Å². The van der Waals surface area contributed by atoms with Crippen LogP contribution < -0.4 is 14.8 Å². The van der Waals surface area contributed by atoms with Crippen molar-refractivity contribution in [2.24, 2.45) is 0 Å². The van der Waals surface area contributed by atoms with E-state index in [1.165, 1.54) is 36.5 Å². The van der Waals surface area contributed by atoms with Gasteiger partial charge in [0, 0.05) is 68.5 Å². The number of piperazine rings is 1. The van der Waals surface area contributed by atoms with Crippen LogP contribution in [0.4, 0.5) is 17.3 Å². The summed E-state index contributed by atoms with van der Waals surface area (Å²) in [5.74, 6) is 0.767. The van der Waals surface area contributed by atoms with E-state index in [9.17, 15) is 10.1 Å². The van der Waals surface area contributed by atoms with E-state index in [1.54, 1.807) is 0 Å². The van der Waals surface area contributed by atoms with Gasteiger partial charge >= 0.3 is 5.69 Å². The van der Waals surface area contributed by atoms with Gasteiger partial charge in [-0.05, 0) is 25.5 Å². The van der Waals surface area contributed by atoms with Crippen molar-refractivity contribution in [3.8, 4) is 22.8 Å². The minimum Gasteiger partial charge on any atom is -0.494 e. The summed E-state index contributed by atoms with van der Waals surface area (Å²) in [6.07, 6.45) is 5.75. The van der Waals surface area contributed by atoms with Gasteiger partial charge in [-0.3, -0.25) is 15.0 Å². The van der Waals surface area contributed by atoms with Gasteiger partial charge in [0.2, 0.25) is 11.7 Å². The average Bonchev–Trinajstić information content (AvgIpc) is 3.35. The second-order valence-corrected chi connectivity index (χ2v) is 10.8. The monoisotopic (exact) mass is 593 g/mol. The summed E-state index contributed by atoms with van der Waals surface area (Å²) in [4.78, 5) is 25.2. The van der Waals surface area contributed by atoms with Crippen molar-refractivity contribution in [2.75, 3.05) is 58.8 Å². The van der Waals surface area contributed by atoms with Gasteiger partial charge in [0.05, 0.1) is 40.2 Å². The second kappa shape index (κ2) is 12.5. The molecule has 1 fully saturated rings. The van der Waals surface area contributed by atoms with Crippen LogP contribution in [0.1, 0.15) is 19.4 Å². The number of aromatic nitrogens is 3. The number of aryl methyl sites for hydroxylation is 2. The molecule has 222 valence electrons. The average molecular weight is 594 g/mol. The second-order valence-electron chi connectivity index (χ2n) is 10.4. The van der Waals surface area contributed by atoms with Crippen LogP contribution in [0, 0.1) is 10.1 Å². The zero-order valence-corrected chi connectivity index (χ0v) is 23.9. The number of likely N-dealkylation sites (N-methyl/N-ethyl adjacent to an activating group) is 1. The fourth-order valence-electron chi connectivity index (χ4n) is 5.61. The molecule has 42 heavy (non-hydrogen) atoms.